The van der Waals surface area contributed by atoms with Crippen molar-refractivity contribution in [2.24, 2.45) is 4.99 Å². The molecule has 2 amide bonds. The summed E-state index contributed by atoms with van der Waals surface area (Å²) in [7, 11) is 0. The summed E-state index contributed by atoms with van der Waals surface area (Å²) in [6, 6.07) is 32.2. The summed E-state index contributed by atoms with van der Waals surface area (Å²) in [4.78, 5) is 32.7. The first-order valence-corrected chi connectivity index (χ1v) is 13.3. The molecule has 0 bridgehead atoms. The quantitative estimate of drug-likeness (QED) is 0.257. The predicted molar refractivity (Wildman–Crippen MR) is 160 cm³/mol. The van der Waals surface area contributed by atoms with E-state index in [-0.39, 0.29) is 18.4 Å². The van der Waals surface area contributed by atoms with Gasteiger partial charge in [0.05, 0.1) is 16.3 Å². The minimum atomic E-state index is -0.239. The first-order chi connectivity index (χ1) is 18.9. The summed E-state index contributed by atoms with van der Waals surface area (Å²) in [5.74, 6) is 0.193. The fraction of sp³-hybridized carbons (Fsp3) is 0.0938. The number of hydrogen-bond donors (Lipinski definition) is 1. The van der Waals surface area contributed by atoms with Gasteiger partial charge in [-0.05, 0) is 85.8 Å². The number of benzene rings is 4. The molecule has 4 aromatic carbocycles. The molecule has 4 aromatic rings. The average Bonchev–Trinajstić information content (AvgIpc) is 3.24. The van der Waals surface area contributed by atoms with Gasteiger partial charge >= 0.3 is 0 Å². The number of amides is 2. The Balaban J connectivity index is 1.32. The molecule has 7 heteroatoms. The Morgan fingerprint density at radius 2 is 1.51 bits per heavy atom. The van der Waals surface area contributed by atoms with Crippen LogP contribution in [0.15, 0.2) is 113 Å². The smallest absolute Gasteiger partial charge is 0.271 e. The van der Waals surface area contributed by atoms with Crippen LogP contribution in [0.5, 0.6) is 5.75 Å². The van der Waals surface area contributed by atoms with Gasteiger partial charge in [0.2, 0.25) is 0 Å². The van der Waals surface area contributed by atoms with Crippen molar-refractivity contribution in [1.29, 1.82) is 0 Å². The van der Waals surface area contributed by atoms with Crippen molar-refractivity contribution in [1.82, 2.24) is 0 Å². The summed E-state index contributed by atoms with van der Waals surface area (Å²) in [5.41, 5.74) is 5.38. The van der Waals surface area contributed by atoms with Crippen LogP contribution in [0, 0.1) is 13.8 Å². The van der Waals surface area contributed by atoms with E-state index < -0.39 is 0 Å². The summed E-state index contributed by atoms with van der Waals surface area (Å²) < 4.78 is 5.63. The lowest BCUT2D eigenvalue weighted by molar-refractivity contribution is -0.118. The topological polar surface area (TPSA) is 71.0 Å². The van der Waals surface area contributed by atoms with Crippen LogP contribution in [0.2, 0.25) is 0 Å². The lowest BCUT2D eigenvalue weighted by Gasteiger charge is -2.16. The van der Waals surface area contributed by atoms with E-state index in [0.717, 1.165) is 33.8 Å². The van der Waals surface area contributed by atoms with E-state index >= 15 is 0 Å². The Morgan fingerprint density at radius 3 is 2.18 bits per heavy atom. The maximum atomic E-state index is 13.5. The van der Waals surface area contributed by atoms with Crippen molar-refractivity contribution in [2.75, 3.05) is 16.8 Å². The second-order valence-corrected chi connectivity index (χ2v) is 10.1. The molecule has 0 aromatic heterocycles. The van der Waals surface area contributed by atoms with Crippen molar-refractivity contribution in [2.45, 2.75) is 13.8 Å². The van der Waals surface area contributed by atoms with Gasteiger partial charge in [0, 0.05) is 5.69 Å². The number of aliphatic imine (C=N–C) groups is 1. The van der Waals surface area contributed by atoms with E-state index in [1.54, 1.807) is 17.0 Å². The molecule has 1 aliphatic rings. The molecule has 1 N–H and O–H groups in total. The highest BCUT2D eigenvalue weighted by Gasteiger charge is 2.34. The molecule has 1 fully saturated rings. The van der Waals surface area contributed by atoms with E-state index in [1.165, 1.54) is 11.8 Å². The van der Waals surface area contributed by atoms with E-state index in [2.05, 4.69) is 5.32 Å². The van der Waals surface area contributed by atoms with Gasteiger partial charge in [0.15, 0.2) is 11.8 Å². The van der Waals surface area contributed by atoms with Crippen LogP contribution in [-0.2, 0) is 9.59 Å². The number of thioether (sulfide) groups is 1. The maximum absolute atomic E-state index is 13.5. The van der Waals surface area contributed by atoms with Gasteiger partial charge in [-0.25, -0.2) is 4.99 Å². The number of hydrogen-bond acceptors (Lipinski definition) is 5. The number of para-hydroxylation sites is 1. The van der Waals surface area contributed by atoms with Gasteiger partial charge in [-0.2, -0.15) is 0 Å². The SMILES string of the molecule is Cc1ccc(N=C2S/C(=C/c3ccc(OCC(=O)Nc4ccccc4)cc3)C(=O)N2c2ccc(C)cc2)cc1. The van der Waals surface area contributed by atoms with Crippen molar-refractivity contribution >= 4 is 51.9 Å². The number of ether oxygens (including phenoxy) is 1. The molecule has 0 radical (unpaired) electrons. The Kier molecular flexibility index (Phi) is 7.89. The number of rotatable bonds is 7. The summed E-state index contributed by atoms with van der Waals surface area (Å²) in [6.07, 6.45) is 1.84. The number of anilines is 2. The molecule has 1 saturated heterocycles. The van der Waals surface area contributed by atoms with Gasteiger partial charge in [-0.1, -0.05) is 65.7 Å². The number of nitrogens with one attached hydrogen (secondary N) is 1. The lowest BCUT2D eigenvalue weighted by Crippen LogP contribution is -2.28. The molecule has 0 saturated carbocycles. The molecule has 5 rings (SSSR count). The highest BCUT2D eigenvalue weighted by molar-refractivity contribution is 8.19. The van der Waals surface area contributed by atoms with Crippen LogP contribution in [0.3, 0.4) is 0 Å². The first kappa shape index (κ1) is 26.0. The summed E-state index contributed by atoms with van der Waals surface area (Å²) >= 11 is 1.34. The number of amidine groups is 1. The van der Waals surface area contributed by atoms with Crippen LogP contribution in [-0.4, -0.2) is 23.6 Å². The Hall–Kier alpha value is -4.62. The fourth-order valence-corrected chi connectivity index (χ4v) is 4.88. The molecule has 39 heavy (non-hydrogen) atoms. The highest BCUT2D eigenvalue weighted by atomic mass is 32.2. The number of carbonyl (C=O) groups is 2. The Labute approximate surface area is 232 Å². The molecule has 0 unspecified atom stereocenters. The van der Waals surface area contributed by atoms with Crippen LogP contribution in [0.25, 0.3) is 6.08 Å². The molecular formula is C32H27N3O3S. The minimum Gasteiger partial charge on any atom is -0.484 e. The second-order valence-electron chi connectivity index (χ2n) is 9.09. The van der Waals surface area contributed by atoms with Crippen molar-refractivity contribution in [3.05, 3.63) is 125 Å². The number of nitrogens with zero attached hydrogens (tertiary/aromatic N) is 2. The van der Waals surface area contributed by atoms with Crippen molar-refractivity contribution in [3.63, 3.8) is 0 Å². The van der Waals surface area contributed by atoms with Gasteiger partial charge in [-0.15, -0.1) is 0 Å². The number of carbonyl (C=O) groups excluding carboxylic acids is 2. The third kappa shape index (κ3) is 6.64. The normalized spacial score (nSPS) is 15.1. The lowest BCUT2D eigenvalue weighted by atomic mass is 10.2. The van der Waals surface area contributed by atoms with Crippen LogP contribution in [0.4, 0.5) is 17.1 Å². The Morgan fingerprint density at radius 1 is 0.872 bits per heavy atom. The van der Waals surface area contributed by atoms with Crippen molar-refractivity contribution in [3.8, 4) is 5.75 Å². The van der Waals surface area contributed by atoms with Gasteiger partial charge < -0.3 is 10.1 Å². The highest BCUT2D eigenvalue weighted by Crippen LogP contribution is 2.37. The number of aryl methyl sites for hydroxylation is 2. The second kappa shape index (κ2) is 11.8. The third-order valence-corrected chi connectivity index (χ3v) is 6.93. The van der Waals surface area contributed by atoms with E-state index in [9.17, 15) is 9.59 Å². The minimum absolute atomic E-state index is 0.103. The van der Waals surface area contributed by atoms with E-state index in [1.807, 2.05) is 111 Å². The van der Waals surface area contributed by atoms with Gasteiger partial charge in [-0.3, -0.25) is 14.5 Å². The molecule has 1 heterocycles. The van der Waals surface area contributed by atoms with Gasteiger partial charge in [0.25, 0.3) is 11.8 Å². The molecule has 0 aliphatic carbocycles. The first-order valence-electron chi connectivity index (χ1n) is 12.5. The summed E-state index contributed by atoms with van der Waals surface area (Å²) in [6.45, 7) is 3.94. The standard InChI is InChI=1S/C32H27N3O3S/c1-22-8-14-26(15-9-22)34-32-35(27-16-10-23(2)11-17-27)31(37)29(39-32)20-24-12-18-28(19-13-24)38-21-30(36)33-25-6-4-3-5-7-25/h3-20H,21H2,1-2H3,(H,33,36)/b29-20+,34-32?. The monoisotopic (exact) mass is 533 g/mol. The molecule has 0 spiro atoms. The molecule has 6 nitrogen and oxygen atoms in total. The van der Waals surface area contributed by atoms with E-state index in [0.29, 0.717) is 15.8 Å². The molecular weight excluding hydrogens is 506 g/mol. The summed E-state index contributed by atoms with van der Waals surface area (Å²) in [5, 5.41) is 3.39. The zero-order chi connectivity index (χ0) is 27.2. The van der Waals surface area contributed by atoms with Crippen LogP contribution >= 0.6 is 11.8 Å². The maximum Gasteiger partial charge on any atom is 0.271 e. The molecule has 1 aliphatic heterocycles. The zero-order valence-corrected chi connectivity index (χ0v) is 22.4. The van der Waals surface area contributed by atoms with E-state index in [4.69, 9.17) is 9.73 Å². The Bertz CT molecular complexity index is 1530. The zero-order valence-electron chi connectivity index (χ0n) is 21.6. The third-order valence-electron chi connectivity index (χ3n) is 5.96. The average molecular weight is 534 g/mol. The van der Waals surface area contributed by atoms with Crippen LogP contribution in [0.1, 0.15) is 16.7 Å². The van der Waals surface area contributed by atoms with Crippen molar-refractivity contribution < 1.29 is 14.3 Å². The predicted octanol–water partition coefficient (Wildman–Crippen LogP) is 7.13. The fourth-order valence-electron chi connectivity index (χ4n) is 3.88. The molecule has 0 atom stereocenters. The molecule has 194 valence electrons. The largest absolute Gasteiger partial charge is 0.484 e. The van der Waals surface area contributed by atoms with Crippen LogP contribution < -0.4 is 15.0 Å². The van der Waals surface area contributed by atoms with Gasteiger partial charge in [0.1, 0.15) is 5.75 Å².